The Hall–Kier alpha value is -1.93. The largest absolute Gasteiger partial charge is 0.394 e. The Balaban J connectivity index is 2.40. The van der Waals surface area contributed by atoms with Crippen LogP contribution in [0.2, 0.25) is 16.6 Å². The van der Waals surface area contributed by atoms with Crippen molar-refractivity contribution in [3.8, 4) is 0 Å². The first-order valence-electron chi connectivity index (χ1n) is 14.1. The molecule has 6 nitrogen and oxygen atoms in total. The second-order valence-corrected chi connectivity index (χ2v) is 21.6. The summed E-state index contributed by atoms with van der Waals surface area (Å²) in [7, 11) is 1.44. The summed E-state index contributed by atoms with van der Waals surface area (Å²) in [5.41, 5.74) is -0.770. The van der Waals surface area contributed by atoms with Crippen molar-refractivity contribution < 1.29 is 26.6 Å². The zero-order chi connectivity index (χ0) is 30.3. The fourth-order valence-corrected chi connectivity index (χ4v) is 19.1. The van der Waals surface area contributed by atoms with Crippen molar-refractivity contribution in [2.24, 2.45) is 5.41 Å². The summed E-state index contributed by atoms with van der Waals surface area (Å²) >= 11 is 0. The van der Waals surface area contributed by atoms with Crippen LogP contribution >= 0.6 is 0 Å². The maximum atomic E-state index is 6.54. The molecule has 3 atom stereocenters. The number of hydrogen-bond donors (Lipinski definition) is 0. The van der Waals surface area contributed by atoms with Gasteiger partial charge in [0.15, 0.2) is 0 Å². The van der Waals surface area contributed by atoms with Crippen molar-refractivity contribution in [3.05, 3.63) is 91.0 Å². The first-order chi connectivity index (χ1) is 19.6. The van der Waals surface area contributed by atoms with Gasteiger partial charge in [0.1, 0.15) is 0 Å². The van der Waals surface area contributed by atoms with Gasteiger partial charge in [-0.2, -0.15) is 0 Å². The quantitative estimate of drug-likeness (QED) is 0.223. The minimum atomic E-state index is -3.07. The Morgan fingerprint density at radius 2 is 0.610 bits per heavy atom. The Labute approximate surface area is 250 Å². The minimum absolute atomic E-state index is 0.0841. The van der Waals surface area contributed by atoms with E-state index in [1.54, 1.807) is 42.7 Å². The van der Waals surface area contributed by atoms with Crippen LogP contribution in [0, 0.1) is 5.41 Å². The number of hydrogen-bond acceptors (Lipinski definition) is 6. The van der Waals surface area contributed by atoms with Gasteiger partial charge in [0.25, 0.3) is 0 Å². The van der Waals surface area contributed by atoms with Crippen LogP contribution < -0.4 is 15.6 Å². The lowest BCUT2D eigenvalue weighted by Crippen LogP contribution is -2.69. The highest BCUT2D eigenvalue weighted by atomic mass is 28.4. The summed E-state index contributed by atoms with van der Waals surface area (Å²) in [5, 5.41) is 3.23. The van der Waals surface area contributed by atoms with E-state index in [1.165, 1.54) is 0 Å². The molecular weight excluding hydrogens is 565 g/mol. The highest BCUT2D eigenvalue weighted by molar-refractivity contribution is 6.86. The van der Waals surface area contributed by atoms with Gasteiger partial charge in [0.05, 0.1) is 0 Å². The molecule has 0 saturated heterocycles. The maximum absolute atomic E-state index is 6.54. The van der Waals surface area contributed by atoms with E-state index < -0.39 is 31.1 Å². The average Bonchev–Trinajstić information content (AvgIpc) is 3.04. The molecule has 0 aliphatic rings. The van der Waals surface area contributed by atoms with E-state index in [4.69, 9.17) is 26.6 Å². The van der Waals surface area contributed by atoms with Gasteiger partial charge in [-0.15, -0.1) is 0 Å². The third kappa shape index (κ3) is 5.60. The molecule has 0 radical (unpaired) electrons. The van der Waals surface area contributed by atoms with E-state index in [9.17, 15) is 0 Å². The van der Waals surface area contributed by atoms with E-state index in [0.717, 1.165) is 15.6 Å². The van der Waals surface area contributed by atoms with Crippen LogP contribution in [0.25, 0.3) is 0 Å². The van der Waals surface area contributed by atoms with E-state index >= 15 is 0 Å². The molecule has 0 aromatic heterocycles. The van der Waals surface area contributed by atoms with Gasteiger partial charge < -0.3 is 26.6 Å². The summed E-state index contributed by atoms with van der Waals surface area (Å²) in [5.74, 6) is 0. The Morgan fingerprint density at radius 1 is 0.415 bits per heavy atom. The molecule has 0 heterocycles. The van der Waals surface area contributed by atoms with Crippen molar-refractivity contribution in [3.63, 3.8) is 0 Å². The van der Waals surface area contributed by atoms with Crippen LogP contribution in [-0.4, -0.2) is 68.3 Å². The van der Waals surface area contributed by atoms with Gasteiger partial charge in [0.2, 0.25) is 0 Å². The summed E-state index contributed by atoms with van der Waals surface area (Å²) < 4.78 is 39.2. The summed E-state index contributed by atoms with van der Waals surface area (Å²) in [6.45, 7) is 9.14. The predicted molar refractivity (Wildman–Crippen MR) is 174 cm³/mol. The average molecular weight is 613 g/mol. The van der Waals surface area contributed by atoms with Gasteiger partial charge in [-0.3, -0.25) is 0 Å². The minimum Gasteiger partial charge on any atom is -0.394 e. The standard InChI is InChI=1S/C32H48O6Si3/c1-26(39(33-5,34-6)29-20-14-11-15-21-29)32(4,27(2)40(35-7,36-8)30-22-16-12-17-23-30)28(3)41(37-9,38-10)31-24-18-13-19-25-31/h11-28H,1-10H3. The molecule has 41 heavy (non-hydrogen) atoms. The zero-order valence-electron chi connectivity index (χ0n) is 26.3. The second-order valence-electron chi connectivity index (χ2n) is 10.9. The molecule has 9 heteroatoms. The van der Waals surface area contributed by atoms with Gasteiger partial charge in [-0.1, -0.05) is 119 Å². The van der Waals surface area contributed by atoms with E-state index in [0.29, 0.717) is 0 Å². The van der Waals surface area contributed by atoms with E-state index in [2.05, 4.69) is 64.1 Å². The molecule has 224 valence electrons. The molecule has 0 aliphatic heterocycles. The lowest BCUT2D eigenvalue weighted by atomic mass is 9.80. The third-order valence-corrected chi connectivity index (χ3v) is 22.2. The fourth-order valence-electron chi connectivity index (χ4n) is 7.13. The van der Waals surface area contributed by atoms with Gasteiger partial charge in [-0.25, -0.2) is 0 Å². The molecule has 0 aliphatic carbocycles. The topological polar surface area (TPSA) is 55.4 Å². The highest BCUT2D eigenvalue weighted by Crippen LogP contribution is 2.60. The maximum Gasteiger partial charge on any atom is 0.375 e. The molecule has 0 N–H and O–H groups in total. The predicted octanol–water partition coefficient (Wildman–Crippen LogP) is 5.09. The van der Waals surface area contributed by atoms with Crippen molar-refractivity contribution in [2.75, 3.05) is 42.7 Å². The summed E-state index contributed by atoms with van der Waals surface area (Å²) in [4.78, 5) is 0. The van der Waals surface area contributed by atoms with Crippen molar-refractivity contribution in [1.82, 2.24) is 0 Å². The van der Waals surface area contributed by atoms with Crippen molar-refractivity contribution >= 4 is 41.2 Å². The Morgan fingerprint density at radius 3 is 0.780 bits per heavy atom. The van der Waals surface area contributed by atoms with Crippen LogP contribution in [0.1, 0.15) is 27.7 Å². The number of rotatable bonds is 15. The fraction of sp³-hybridized carbons (Fsp3) is 0.438. The third-order valence-electron chi connectivity index (χ3n) is 9.86. The van der Waals surface area contributed by atoms with Crippen LogP contribution in [0.15, 0.2) is 91.0 Å². The van der Waals surface area contributed by atoms with Crippen LogP contribution in [-0.2, 0) is 26.6 Å². The molecule has 0 amide bonds. The lowest BCUT2D eigenvalue weighted by Gasteiger charge is -2.56. The molecule has 0 saturated carbocycles. The van der Waals surface area contributed by atoms with Gasteiger partial charge >= 0.3 is 25.7 Å². The first-order valence-corrected chi connectivity index (χ1v) is 19.8. The molecule has 0 bridgehead atoms. The Bertz CT molecular complexity index is 1040. The SMILES string of the molecule is CO[Si](OC)(c1ccccc1)C(C)C(C)(C(C)[Si](OC)(OC)c1ccccc1)C(C)[Si](OC)(OC)c1ccccc1. The van der Waals surface area contributed by atoms with Crippen LogP contribution in [0.5, 0.6) is 0 Å². The monoisotopic (exact) mass is 612 g/mol. The highest BCUT2D eigenvalue weighted by Gasteiger charge is 2.66. The molecule has 0 fully saturated rings. The van der Waals surface area contributed by atoms with Crippen molar-refractivity contribution in [2.45, 2.75) is 44.3 Å². The second kappa shape index (κ2) is 14.0. The molecule has 3 rings (SSSR count). The van der Waals surface area contributed by atoms with Crippen molar-refractivity contribution in [1.29, 1.82) is 0 Å². The van der Waals surface area contributed by atoms with Gasteiger partial charge in [-0.05, 0) is 21.0 Å². The molecule has 3 aromatic carbocycles. The molecule has 0 spiro atoms. The first kappa shape index (κ1) is 33.6. The normalized spacial score (nSPS) is 16.5. The zero-order valence-corrected chi connectivity index (χ0v) is 29.3. The van der Waals surface area contributed by atoms with Crippen LogP contribution in [0.3, 0.4) is 0 Å². The summed E-state index contributed by atoms with van der Waals surface area (Å²) in [6, 6.07) is 31.1. The smallest absolute Gasteiger partial charge is 0.375 e. The molecule has 3 aromatic rings. The summed E-state index contributed by atoms with van der Waals surface area (Å²) in [6.07, 6.45) is 0. The molecule has 3 unspecified atom stereocenters. The van der Waals surface area contributed by atoms with Crippen LogP contribution in [0.4, 0.5) is 0 Å². The van der Waals surface area contributed by atoms with Gasteiger partial charge in [0, 0.05) is 59.3 Å². The number of benzene rings is 3. The van der Waals surface area contributed by atoms with E-state index in [-0.39, 0.29) is 16.6 Å². The molecular formula is C32H48O6Si3. The lowest BCUT2D eigenvalue weighted by molar-refractivity contribution is 0.133. The van der Waals surface area contributed by atoms with E-state index in [1.807, 2.05) is 54.6 Å². The Kier molecular flexibility index (Phi) is 11.5.